The average molecular weight is 255 g/mol. The average Bonchev–Trinajstić information content (AvgIpc) is 2.33. The van der Waals surface area contributed by atoms with Crippen molar-refractivity contribution in [2.24, 2.45) is 5.92 Å². The molecule has 0 aromatic rings. The van der Waals surface area contributed by atoms with Crippen molar-refractivity contribution >= 4 is 11.9 Å². The molecule has 1 amide bonds. The minimum Gasteiger partial charge on any atom is -0.480 e. The first-order chi connectivity index (χ1) is 8.56. The Bertz CT molecular complexity index is 291. The van der Waals surface area contributed by atoms with E-state index in [0.717, 1.165) is 0 Å². The van der Waals surface area contributed by atoms with Crippen LogP contribution in [0.2, 0.25) is 0 Å². The highest BCUT2D eigenvalue weighted by Gasteiger charge is 2.23. The zero-order valence-electron chi connectivity index (χ0n) is 10.7. The van der Waals surface area contributed by atoms with Gasteiger partial charge in [0.05, 0.1) is 0 Å². The van der Waals surface area contributed by atoms with Gasteiger partial charge in [-0.25, -0.2) is 4.79 Å². The molecule has 0 saturated heterocycles. The van der Waals surface area contributed by atoms with Crippen molar-refractivity contribution in [2.75, 3.05) is 13.7 Å². The third kappa shape index (κ3) is 6.20. The molecule has 0 heterocycles. The first-order valence-corrected chi connectivity index (χ1v) is 5.80. The van der Waals surface area contributed by atoms with Crippen LogP contribution in [-0.2, 0) is 14.3 Å². The van der Waals surface area contributed by atoms with Crippen molar-refractivity contribution in [3.63, 3.8) is 0 Å². The summed E-state index contributed by atoms with van der Waals surface area (Å²) in [6.45, 7) is 7.44. The summed E-state index contributed by atoms with van der Waals surface area (Å²) < 4.78 is 4.81. The number of methoxy groups -OCH3 is 1. The zero-order chi connectivity index (χ0) is 14.0. The number of rotatable bonds is 10. The Morgan fingerprint density at radius 2 is 1.89 bits per heavy atom. The summed E-state index contributed by atoms with van der Waals surface area (Å²) in [5.74, 6) is -1.67. The molecule has 2 N–H and O–H groups in total. The van der Waals surface area contributed by atoms with Gasteiger partial charge >= 0.3 is 5.97 Å². The quantitative estimate of drug-likeness (QED) is 0.578. The molecule has 0 spiro atoms. The maximum Gasteiger partial charge on any atom is 0.326 e. The number of carbonyl (C=O) groups is 2. The number of carbonyl (C=O) groups excluding carboxylic acids is 1. The molecule has 18 heavy (non-hydrogen) atoms. The molecule has 5 nitrogen and oxygen atoms in total. The Kier molecular flexibility index (Phi) is 8.57. The summed E-state index contributed by atoms with van der Waals surface area (Å²) in [6, 6.07) is -0.922. The van der Waals surface area contributed by atoms with Gasteiger partial charge in [-0.05, 0) is 12.8 Å². The van der Waals surface area contributed by atoms with Gasteiger partial charge in [0.15, 0.2) is 0 Å². The van der Waals surface area contributed by atoms with Gasteiger partial charge in [-0.15, -0.1) is 13.2 Å². The second kappa shape index (κ2) is 9.41. The van der Waals surface area contributed by atoms with Gasteiger partial charge in [-0.1, -0.05) is 12.2 Å². The standard InChI is InChI=1S/C13H21NO4/c1-4-6-10(7-5-2)12(15)14-11(13(16)17)8-9-18-3/h4-5,10-11H,1-2,6-9H2,3H3,(H,14,15)(H,16,17). The number of amides is 1. The van der Waals surface area contributed by atoms with E-state index in [0.29, 0.717) is 12.8 Å². The van der Waals surface area contributed by atoms with Crippen LogP contribution in [0, 0.1) is 5.92 Å². The van der Waals surface area contributed by atoms with E-state index in [1.807, 2.05) is 0 Å². The fraction of sp³-hybridized carbons (Fsp3) is 0.538. The number of allylic oxidation sites excluding steroid dienone is 2. The summed E-state index contributed by atoms with van der Waals surface area (Å²) in [5.41, 5.74) is 0. The number of carboxylic acid groups (broad SMARTS) is 1. The first kappa shape index (κ1) is 16.4. The Balaban J connectivity index is 4.48. The van der Waals surface area contributed by atoms with Gasteiger partial charge in [0.25, 0.3) is 0 Å². The normalized spacial score (nSPS) is 11.9. The van der Waals surface area contributed by atoms with Crippen molar-refractivity contribution < 1.29 is 19.4 Å². The van der Waals surface area contributed by atoms with Crippen molar-refractivity contribution in [1.82, 2.24) is 5.32 Å². The van der Waals surface area contributed by atoms with Crippen LogP contribution in [0.3, 0.4) is 0 Å². The van der Waals surface area contributed by atoms with E-state index in [1.165, 1.54) is 7.11 Å². The summed E-state index contributed by atoms with van der Waals surface area (Å²) in [5, 5.41) is 11.5. The van der Waals surface area contributed by atoms with Crippen LogP contribution >= 0.6 is 0 Å². The smallest absolute Gasteiger partial charge is 0.326 e. The fourth-order valence-corrected chi connectivity index (χ4v) is 1.50. The zero-order valence-corrected chi connectivity index (χ0v) is 10.7. The minimum atomic E-state index is -1.06. The molecular weight excluding hydrogens is 234 g/mol. The fourth-order valence-electron chi connectivity index (χ4n) is 1.50. The van der Waals surface area contributed by atoms with Crippen LogP contribution in [0.25, 0.3) is 0 Å². The largest absolute Gasteiger partial charge is 0.480 e. The molecule has 0 rings (SSSR count). The third-order valence-electron chi connectivity index (χ3n) is 2.50. The van der Waals surface area contributed by atoms with Gasteiger partial charge in [0, 0.05) is 26.1 Å². The summed E-state index contributed by atoms with van der Waals surface area (Å²) in [4.78, 5) is 22.9. The van der Waals surface area contributed by atoms with E-state index >= 15 is 0 Å². The molecule has 0 bridgehead atoms. The minimum absolute atomic E-state index is 0.243. The number of ether oxygens (including phenoxy) is 1. The van der Waals surface area contributed by atoms with E-state index in [2.05, 4.69) is 18.5 Å². The van der Waals surface area contributed by atoms with E-state index in [1.54, 1.807) is 12.2 Å². The summed E-state index contributed by atoms with van der Waals surface area (Å²) >= 11 is 0. The maximum absolute atomic E-state index is 11.9. The number of nitrogens with one attached hydrogen (secondary N) is 1. The van der Waals surface area contributed by atoms with E-state index in [9.17, 15) is 9.59 Å². The molecule has 0 fully saturated rings. The van der Waals surface area contributed by atoms with Gasteiger partial charge in [0.2, 0.25) is 5.91 Å². The third-order valence-corrected chi connectivity index (χ3v) is 2.50. The molecule has 0 aliphatic heterocycles. The molecule has 0 aromatic carbocycles. The monoisotopic (exact) mass is 255 g/mol. The van der Waals surface area contributed by atoms with Crippen molar-refractivity contribution in [2.45, 2.75) is 25.3 Å². The maximum atomic E-state index is 11.9. The van der Waals surface area contributed by atoms with Crippen LogP contribution in [0.4, 0.5) is 0 Å². The molecule has 5 heteroatoms. The van der Waals surface area contributed by atoms with E-state index in [4.69, 9.17) is 9.84 Å². The van der Waals surface area contributed by atoms with Crippen LogP contribution in [0.5, 0.6) is 0 Å². The molecule has 0 aliphatic carbocycles. The molecule has 0 aliphatic rings. The van der Waals surface area contributed by atoms with Gasteiger partial charge < -0.3 is 15.2 Å². The highest BCUT2D eigenvalue weighted by molar-refractivity contribution is 5.85. The van der Waals surface area contributed by atoms with Gasteiger partial charge in [-0.3, -0.25) is 4.79 Å². The number of hydrogen-bond acceptors (Lipinski definition) is 3. The highest BCUT2D eigenvalue weighted by Crippen LogP contribution is 2.11. The van der Waals surface area contributed by atoms with Gasteiger partial charge in [-0.2, -0.15) is 0 Å². The second-order valence-corrected chi connectivity index (χ2v) is 3.93. The molecule has 1 atom stereocenters. The van der Waals surface area contributed by atoms with E-state index < -0.39 is 12.0 Å². The first-order valence-electron chi connectivity index (χ1n) is 5.80. The molecule has 1 unspecified atom stereocenters. The Hall–Kier alpha value is -1.62. The van der Waals surface area contributed by atoms with Crippen LogP contribution in [0.15, 0.2) is 25.3 Å². The topological polar surface area (TPSA) is 75.6 Å². The van der Waals surface area contributed by atoms with Crippen molar-refractivity contribution in [3.05, 3.63) is 25.3 Å². The molecule has 102 valence electrons. The number of carboxylic acids is 1. The lowest BCUT2D eigenvalue weighted by molar-refractivity contribution is -0.143. The lowest BCUT2D eigenvalue weighted by Crippen LogP contribution is -2.44. The lowest BCUT2D eigenvalue weighted by atomic mass is 10.00. The lowest BCUT2D eigenvalue weighted by Gasteiger charge is -2.18. The van der Waals surface area contributed by atoms with Gasteiger partial charge in [0.1, 0.15) is 6.04 Å². The Morgan fingerprint density at radius 1 is 1.33 bits per heavy atom. The Morgan fingerprint density at radius 3 is 2.28 bits per heavy atom. The molecular formula is C13H21NO4. The van der Waals surface area contributed by atoms with Crippen LogP contribution in [-0.4, -0.2) is 36.7 Å². The predicted octanol–water partition coefficient (Wildman–Crippen LogP) is 1.36. The SMILES string of the molecule is C=CCC(CC=C)C(=O)NC(CCOC)C(=O)O. The van der Waals surface area contributed by atoms with E-state index in [-0.39, 0.29) is 24.9 Å². The van der Waals surface area contributed by atoms with Crippen LogP contribution in [0.1, 0.15) is 19.3 Å². The summed E-state index contributed by atoms with van der Waals surface area (Å²) in [7, 11) is 1.49. The molecule has 0 aromatic heterocycles. The predicted molar refractivity (Wildman–Crippen MR) is 69.2 cm³/mol. The Labute approximate surface area is 108 Å². The van der Waals surface area contributed by atoms with Crippen molar-refractivity contribution in [3.8, 4) is 0 Å². The number of hydrogen-bond donors (Lipinski definition) is 2. The second-order valence-electron chi connectivity index (χ2n) is 3.93. The molecule has 0 radical (unpaired) electrons. The highest BCUT2D eigenvalue weighted by atomic mass is 16.5. The number of aliphatic carboxylic acids is 1. The molecule has 0 saturated carbocycles. The summed E-state index contributed by atoms with van der Waals surface area (Å²) in [6.07, 6.45) is 4.51. The van der Waals surface area contributed by atoms with Crippen LogP contribution < -0.4 is 5.32 Å². The van der Waals surface area contributed by atoms with Crippen molar-refractivity contribution in [1.29, 1.82) is 0 Å².